The van der Waals surface area contributed by atoms with Crippen LogP contribution in [0.3, 0.4) is 0 Å². The Kier molecular flexibility index (Phi) is 4.46. The number of urea groups is 1. The van der Waals surface area contributed by atoms with E-state index in [0.717, 1.165) is 11.3 Å². The van der Waals surface area contributed by atoms with E-state index in [9.17, 15) is 13.6 Å². The Hall–Kier alpha value is -2.51. The summed E-state index contributed by atoms with van der Waals surface area (Å²) in [7, 11) is 0. The molecule has 1 atom stereocenters. The standard InChI is InChI=1S/C16H19F2N5O/c1-12(21-15(24)22-8-6-16(17,18)7-9-22)13-2-4-14(5-3-13)23-11-19-10-20-23/h2-5,10-12H,6-9H2,1H3,(H,21,24). The minimum Gasteiger partial charge on any atom is -0.331 e. The van der Waals surface area contributed by atoms with Gasteiger partial charge < -0.3 is 10.2 Å². The molecule has 0 spiro atoms. The molecule has 0 radical (unpaired) electrons. The van der Waals surface area contributed by atoms with E-state index in [1.807, 2.05) is 31.2 Å². The Bertz CT molecular complexity index is 677. The Balaban J connectivity index is 1.58. The lowest BCUT2D eigenvalue weighted by Crippen LogP contribution is -2.47. The molecule has 0 aliphatic carbocycles. The van der Waals surface area contributed by atoms with Gasteiger partial charge in [0.05, 0.1) is 11.7 Å². The highest BCUT2D eigenvalue weighted by atomic mass is 19.3. The average molecular weight is 335 g/mol. The minimum absolute atomic E-state index is 0.0801. The predicted octanol–water partition coefficient (Wildman–Crippen LogP) is 2.77. The highest BCUT2D eigenvalue weighted by Gasteiger charge is 2.35. The summed E-state index contributed by atoms with van der Waals surface area (Å²) < 4.78 is 27.9. The third-order valence-electron chi connectivity index (χ3n) is 4.20. The van der Waals surface area contributed by atoms with E-state index in [-0.39, 0.29) is 38.0 Å². The van der Waals surface area contributed by atoms with E-state index in [1.165, 1.54) is 11.2 Å². The quantitative estimate of drug-likeness (QED) is 0.938. The molecule has 8 heteroatoms. The van der Waals surface area contributed by atoms with Crippen molar-refractivity contribution in [2.45, 2.75) is 31.7 Å². The first kappa shape index (κ1) is 16.4. The van der Waals surface area contributed by atoms with Crippen LogP contribution in [0.1, 0.15) is 31.4 Å². The van der Waals surface area contributed by atoms with Crippen LogP contribution in [-0.4, -0.2) is 44.7 Å². The zero-order valence-electron chi connectivity index (χ0n) is 13.3. The number of rotatable bonds is 3. The fraction of sp³-hybridized carbons (Fsp3) is 0.438. The van der Waals surface area contributed by atoms with Crippen molar-refractivity contribution in [3.05, 3.63) is 42.5 Å². The fourth-order valence-electron chi connectivity index (χ4n) is 2.65. The number of halogens is 2. The van der Waals surface area contributed by atoms with Gasteiger partial charge in [0.2, 0.25) is 0 Å². The van der Waals surface area contributed by atoms with Gasteiger partial charge in [-0.25, -0.2) is 23.2 Å². The summed E-state index contributed by atoms with van der Waals surface area (Å²) in [4.78, 5) is 17.5. The third kappa shape index (κ3) is 3.69. The summed E-state index contributed by atoms with van der Waals surface area (Å²) in [6.45, 7) is 2.02. The largest absolute Gasteiger partial charge is 0.331 e. The van der Waals surface area contributed by atoms with Crippen LogP contribution in [0.25, 0.3) is 5.69 Å². The van der Waals surface area contributed by atoms with Gasteiger partial charge in [0.25, 0.3) is 5.92 Å². The zero-order valence-corrected chi connectivity index (χ0v) is 13.3. The molecular formula is C16H19F2N5O. The number of carbonyl (C=O) groups is 1. The van der Waals surface area contributed by atoms with Gasteiger partial charge in [-0.1, -0.05) is 12.1 Å². The molecule has 128 valence electrons. The molecule has 0 saturated carbocycles. The summed E-state index contributed by atoms with van der Waals surface area (Å²) >= 11 is 0. The molecule has 2 heterocycles. The van der Waals surface area contributed by atoms with Crippen LogP contribution in [0.5, 0.6) is 0 Å². The number of benzene rings is 1. The molecule has 3 rings (SSSR count). The highest BCUT2D eigenvalue weighted by Crippen LogP contribution is 2.27. The number of carbonyl (C=O) groups excluding carboxylic acids is 1. The summed E-state index contributed by atoms with van der Waals surface area (Å²) in [5.74, 6) is -2.65. The summed E-state index contributed by atoms with van der Waals surface area (Å²) in [5.41, 5.74) is 1.79. The number of amides is 2. The maximum atomic E-state index is 13.2. The normalized spacial score (nSPS) is 18.2. The smallest absolute Gasteiger partial charge is 0.317 e. The van der Waals surface area contributed by atoms with Gasteiger partial charge in [-0.15, -0.1) is 0 Å². The number of hydrogen-bond donors (Lipinski definition) is 1. The number of aromatic nitrogens is 3. The molecule has 2 aromatic rings. The Morgan fingerprint density at radius 1 is 1.25 bits per heavy atom. The first-order valence-electron chi connectivity index (χ1n) is 7.83. The Morgan fingerprint density at radius 2 is 1.92 bits per heavy atom. The first-order valence-corrected chi connectivity index (χ1v) is 7.83. The van der Waals surface area contributed by atoms with Crippen molar-refractivity contribution in [1.82, 2.24) is 25.0 Å². The maximum absolute atomic E-state index is 13.2. The molecule has 2 amide bonds. The molecule has 1 aliphatic heterocycles. The molecule has 1 unspecified atom stereocenters. The zero-order chi connectivity index (χ0) is 17.2. The van der Waals surface area contributed by atoms with E-state index in [4.69, 9.17) is 0 Å². The van der Waals surface area contributed by atoms with Crippen LogP contribution in [0.4, 0.5) is 13.6 Å². The van der Waals surface area contributed by atoms with E-state index in [2.05, 4.69) is 15.4 Å². The van der Waals surface area contributed by atoms with Crippen molar-refractivity contribution in [3.63, 3.8) is 0 Å². The lowest BCUT2D eigenvalue weighted by molar-refractivity contribution is -0.0470. The molecule has 1 N–H and O–H groups in total. The average Bonchev–Trinajstić information content (AvgIpc) is 3.09. The lowest BCUT2D eigenvalue weighted by Gasteiger charge is -2.32. The van der Waals surface area contributed by atoms with Gasteiger partial charge in [0, 0.05) is 25.9 Å². The molecule has 0 bridgehead atoms. The van der Waals surface area contributed by atoms with E-state index in [1.54, 1.807) is 11.0 Å². The van der Waals surface area contributed by atoms with E-state index < -0.39 is 5.92 Å². The van der Waals surface area contributed by atoms with Gasteiger partial charge in [-0.2, -0.15) is 5.10 Å². The van der Waals surface area contributed by atoms with Crippen LogP contribution >= 0.6 is 0 Å². The van der Waals surface area contributed by atoms with Crippen LogP contribution in [0.2, 0.25) is 0 Å². The van der Waals surface area contributed by atoms with Gasteiger partial charge >= 0.3 is 6.03 Å². The van der Waals surface area contributed by atoms with Crippen molar-refractivity contribution < 1.29 is 13.6 Å². The number of hydrogen-bond acceptors (Lipinski definition) is 3. The Labute approximate surface area is 138 Å². The summed E-state index contributed by atoms with van der Waals surface area (Å²) in [5, 5.41) is 6.90. The second kappa shape index (κ2) is 6.54. The number of nitrogens with one attached hydrogen (secondary N) is 1. The molecule has 24 heavy (non-hydrogen) atoms. The lowest BCUT2D eigenvalue weighted by atomic mass is 10.1. The molecule has 1 aromatic heterocycles. The molecule has 1 fully saturated rings. The molecular weight excluding hydrogens is 316 g/mol. The third-order valence-corrected chi connectivity index (χ3v) is 4.20. The Morgan fingerprint density at radius 3 is 2.50 bits per heavy atom. The second-order valence-electron chi connectivity index (χ2n) is 5.95. The predicted molar refractivity (Wildman–Crippen MR) is 84.1 cm³/mol. The highest BCUT2D eigenvalue weighted by molar-refractivity contribution is 5.74. The van der Waals surface area contributed by atoms with Gasteiger partial charge in [-0.3, -0.25) is 0 Å². The van der Waals surface area contributed by atoms with Crippen LogP contribution in [0, 0.1) is 0 Å². The maximum Gasteiger partial charge on any atom is 0.317 e. The van der Waals surface area contributed by atoms with Crippen LogP contribution < -0.4 is 5.32 Å². The molecule has 1 aromatic carbocycles. The van der Waals surface area contributed by atoms with Crippen molar-refractivity contribution in [1.29, 1.82) is 0 Å². The minimum atomic E-state index is -2.65. The molecule has 1 aliphatic rings. The van der Waals surface area contributed by atoms with Gasteiger partial charge in [0.15, 0.2) is 0 Å². The van der Waals surface area contributed by atoms with Gasteiger partial charge in [-0.05, 0) is 24.6 Å². The van der Waals surface area contributed by atoms with E-state index in [0.29, 0.717) is 0 Å². The van der Waals surface area contributed by atoms with Crippen molar-refractivity contribution >= 4 is 6.03 Å². The van der Waals surface area contributed by atoms with Crippen LogP contribution in [0.15, 0.2) is 36.9 Å². The number of piperidine rings is 1. The molecule has 1 saturated heterocycles. The SMILES string of the molecule is CC(NC(=O)N1CCC(F)(F)CC1)c1ccc(-n2cncn2)cc1. The van der Waals surface area contributed by atoms with Crippen molar-refractivity contribution in [2.75, 3.05) is 13.1 Å². The van der Waals surface area contributed by atoms with E-state index >= 15 is 0 Å². The topological polar surface area (TPSA) is 63.1 Å². The fourth-order valence-corrected chi connectivity index (χ4v) is 2.65. The number of likely N-dealkylation sites (tertiary alicyclic amines) is 1. The van der Waals surface area contributed by atoms with Crippen LogP contribution in [-0.2, 0) is 0 Å². The summed E-state index contributed by atoms with van der Waals surface area (Å²) in [6, 6.07) is 7.03. The monoisotopic (exact) mass is 335 g/mol. The molecule has 6 nitrogen and oxygen atoms in total. The second-order valence-corrected chi connectivity index (χ2v) is 5.95. The van der Waals surface area contributed by atoms with Gasteiger partial charge in [0.1, 0.15) is 12.7 Å². The summed E-state index contributed by atoms with van der Waals surface area (Å²) in [6.07, 6.45) is 2.51. The number of alkyl halides is 2. The van der Waals surface area contributed by atoms with Crippen molar-refractivity contribution in [2.24, 2.45) is 0 Å². The first-order chi connectivity index (χ1) is 11.4. The number of nitrogens with zero attached hydrogens (tertiary/aromatic N) is 4. The van der Waals surface area contributed by atoms with Crippen molar-refractivity contribution in [3.8, 4) is 5.69 Å².